The summed E-state index contributed by atoms with van der Waals surface area (Å²) in [6.45, 7) is 0.805. The van der Waals surface area contributed by atoms with Crippen molar-refractivity contribution in [2.75, 3.05) is 63.4 Å². The smallest absolute Gasteiger partial charge is 0.341 e. The molecule has 0 aliphatic carbocycles. The van der Waals surface area contributed by atoms with Gasteiger partial charge < -0.3 is 46.6 Å². The van der Waals surface area contributed by atoms with Crippen LogP contribution in [0.4, 0.5) is 0 Å². The predicted octanol–water partition coefficient (Wildman–Crippen LogP) is 1.15. The van der Waals surface area contributed by atoms with Crippen molar-refractivity contribution in [1.29, 1.82) is 0 Å². The van der Waals surface area contributed by atoms with Crippen molar-refractivity contribution in [3.05, 3.63) is 81.6 Å². The molecule has 0 spiro atoms. The monoisotopic (exact) mass is 721 g/mol. The van der Waals surface area contributed by atoms with Crippen molar-refractivity contribution < 1.29 is 55.2 Å². The number of halogens is 3. The van der Waals surface area contributed by atoms with Gasteiger partial charge in [0.05, 0.1) is 38.4 Å². The van der Waals surface area contributed by atoms with Crippen LogP contribution < -0.4 is 18.1 Å². The van der Waals surface area contributed by atoms with Crippen LogP contribution in [0.1, 0.15) is 28.0 Å². The Balaban J connectivity index is 0. The highest BCUT2D eigenvalue weighted by Crippen LogP contribution is 2.19. The molecular formula is C31H44Cl3N4O9-. The fourth-order valence-corrected chi connectivity index (χ4v) is 3.57. The maximum absolute atomic E-state index is 11.7. The van der Waals surface area contributed by atoms with Gasteiger partial charge in [-0.2, -0.15) is 5.10 Å². The lowest BCUT2D eigenvalue weighted by Crippen LogP contribution is -3.00. The number of carbonyl (C=O) groups excluding carboxylic acids is 3. The number of nitrogens with two attached hydrogens (primary N) is 1. The standard InChI is InChI=1S/C13H13ClN2O3.C7H8ClN.C6H10O4.C5H13NO2.ClH/c1-18-8-12-11(13(17)19-2)7-15-16(12)10-5-3-9(14)4-6-10;8-7-3-1-6(5-9)2-4-7;1-9-4-5(7)3-6(8)10-2;1-6(2)5(7-3)8-4;/h3-7H,8H2,1-2H3;1-4H,5,9H2;3-4H2,1-2H3;5H,1-4H3;1H/p-1. The molecule has 0 radical (unpaired) electrons. The van der Waals surface area contributed by atoms with E-state index in [4.69, 9.17) is 47.9 Å². The number of aromatic nitrogens is 2. The van der Waals surface area contributed by atoms with E-state index in [1.165, 1.54) is 27.5 Å². The molecule has 0 unspecified atom stereocenters. The third kappa shape index (κ3) is 18.7. The van der Waals surface area contributed by atoms with E-state index >= 15 is 0 Å². The number of hydrogen-bond acceptors (Lipinski definition) is 12. The SMILES string of the molecule is COC(OC)N(C)C.COCC(=O)CC(=O)OC.COCc1c(C(=O)OC)cnn1-c1ccc(Cl)cc1.NCc1ccc(Cl)cc1.[Cl-]. The Kier molecular flexibility index (Phi) is 26.3. The van der Waals surface area contributed by atoms with E-state index in [0.29, 0.717) is 22.8 Å². The van der Waals surface area contributed by atoms with Gasteiger partial charge in [-0.05, 0) is 56.1 Å². The maximum Gasteiger partial charge on any atom is 0.341 e. The Bertz CT molecular complexity index is 1290. The zero-order chi connectivity index (χ0) is 35.1. The van der Waals surface area contributed by atoms with Crippen molar-refractivity contribution in [1.82, 2.24) is 14.7 Å². The quantitative estimate of drug-likeness (QED) is 0.162. The van der Waals surface area contributed by atoms with Crippen LogP contribution in [-0.4, -0.2) is 102 Å². The highest BCUT2D eigenvalue weighted by molar-refractivity contribution is 6.30. The number of Topliss-reactive ketones (excluding diaryl/α,β-unsaturated/α-hetero) is 1. The summed E-state index contributed by atoms with van der Waals surface area (Å²) in [4.78, 5) is 34.5. The van der Waals surface area contributed by atoms with Crippen LogP contribution in [0.5, 0.6) is 0 Å². The molecule has 0 bridgehead atoms. The minimum Gasteiger partial charge on any atom is -1.00 e. The van der Waals surface area contributed by atoms with Crippen molar-refractivity contribution in [3.63, 3.8) is 0 Å². The summed E-state index contributed by atoms with van der Waals surface area (Å²) in [5.41, 5.74) is 8.29. The Labute approximate surface area is 292 Å². The van der Waals surface area contributed by atoms with E-state index in [2.05, 4.69) is 14.6 Å². The maximum atomic E-state index is 11.7. The summed E-state index contributed by atoms with van der Waals surface area (Å²) in [6, 6.07) is 14.7. The minimum absolute atomic E-state index is 0. The van der Waals surface area contributed by atoms with Gasteiger partial charge >= 0.3 is 11.9 Å². The van der Waals surface area contributed by atoms with Gasteiger partial charge in [0.25, 0.3) is 0 Å². The second-order valence-corrected chi connectivity index (χ2v) is 9.99. The molecule has 2 aromatic carbocycles. The summed E-state index contributed by atoms with van der Waals surface area (Å²) >= 11 is 11.5. The molecule has 0 aliphatic heterocycles. The number of ketones is 1. The molecule has 0 saturated carbocycles. The number of nitrogens with zero attached hydrogens (tertiary/aromatic N) is 3. The van der Waals surface area contributed by atoms with Crippen molar-refractivity contribution in [3.8, 4) is 5.69 Å². The Morgan fingerprint density at radius 1 is 0.851 bits per heavy atom. The van der Waals surface area contributed by atoms with E-state index in [9.17, 15) is 14.4 Å². The van der Waals surface area contributed by atoms with E-state index < -0.39 is 11.9 Å². The van der Waals surface area contributed by atoms with Gasteiger partial charge in [0.15, 0.2) is 5.78 Å². The van der Waals surface area contributed by atoms with Crippen molar-refractivity contribution in [2.45, 2.75) is 26.0 Å². The van der Waals surface area contributed by atoms with Gasteiger partial charge in [0.1, 0.15) is 18.6 Å². The number of carbonyl (C=O) groups is 3. The predicted molar refractivity (Wildman–Crippen MR) is 175 cm³/mol. The third-order valence-corrected chi connectivity index (χ3v) is 5.98. The third-order valence-electron chi connectivity index (χ3n) is 5.47. The first-order valence-electron chi connectivity index (χ1n) is 13.6. The van der Waals surface area contributed by atoms with Gasteiger partial charge in [-0.25, -0.2) is 9.48 Å². The summed E-state index contributed by atoms with van der Waals surface area (Å²) < 4.78 is 29.9. The molecule has 1 heterocycles. The molecule has 16 heteroatoms. The molecular weight excluding hydrogens is 679 g/mol. The molecule has 0 saturated heterocycles. The number of methoxy groups -OCH3 is 6. The number of rotatable bonds is 12. The molecule has 264 valence electrons. The first-order chi connectivity index (χ1) is 21.9. The fourth-order valence-electron chi connectivity index (χ4n) is 3.32. The molecule has 13 nitrogen and oxygen atoms in total. The molecule has 47 heavy (non-hydrogen) atoms. The highest BCUT2D eigenvalue weighted by Gasteiger charge is 2.18. The van der Waals surface area contributed by atoms with Crippen molar-refractivity contribution >= 4 is 40.9 Å². The second-order valence-electron chi connectivity index (χ2n) is 9.12. The number of esters is 2. The molecule has 3 aromatic rings. The highest BCUT2D eigenvalue weighted by atomic mass is 35.5. The van der Waals surface area contributed by atoms with E-state index in [1.54, 1.807) is 38.1 Å². The molecule has 2 N–H and O–H groups in total. The Morgan fingerprint density at radius 3 is 1.77 bits per heavy atom. The first-order valence-corrected chi connectivity index (χ1v) is 14.3. The van der Waals surface area contributed by atoms with Gasteiger partial charge in [0.2, 0.25) is 6.41 Å². The minimum atomic E-state index is -0.526. The van der Waals surface area contributed by atoms with Crippen molar-refractivity contribution in [2.24, 2.45) is 5.73 Å². The number of benzene rings is 2. The van der Waals surface area contributed by atoms with Crippen LogP contribution in [-0.2, 0) is 51.2 Å². The lowest BCUT2D eigenvalue weighted by molar-refractivity contribution is -0.179. The summed E-state index contributed by atoms with van der Waals surface area (Å²) in [5.74, 6) is -1.23. The van der Waals surface area contributed by atoms with Gasteiger partial charge in [-0.3, -0.25) is 14.5 Å². The van der Waals surface area contributed by atoms with Crippen LogP contribution in [0.15, 0.2) is 54.7 Å². The molecule has 3 rings (SSSR count). The Hall–Kier alpha value is -3.11. The van der Waals surface area contributed by atoms with Crippen LogP contribution in [0.3, 0.4) is 0 Å². The topological polar surface area (TPSA) is 154 Å². The second kappa shape index (κ2) is 26.9. The fraction of sp³-hybridized carbons (Fsp3) is 0.419. The van der Waals surface area contributed by atoms with E-state index in [1.807, 2.05) is 55.4 Å². The van der Waals surface area contributed by atoms with Gasteiger partial charge in [0, 0.05) is 45.0 Å². The zero-order valence-corrected chi connectivity index (χ0v) is 30.1. The molecule has 1 aromatic heterocycles. The average Bonchev–Trinajstić information content (AvgIpc) is 3.46. The normalized spacial score (nSPS) is 9.89. The molecule has 0 amide bonds. The average molecular weight is 723 g/mol. The van der Waals surface area contributed by atoms with Crippen LogP contribution >= 0.6 is 23.2 Å². The number of hydrogen-bond donors (Lipinski definition) is 1. The lowest BCUT2D eigenvalue weighted by Gasteiger charge is -2.19. The van der Waals surface area contributed by atoms with Gasteiger partial charge in [-0.1, -0.05) is 35.3 Å². The van der Waals surface area contributed by atoms with E-state index in [-0.39, 0.29) is 44.2 Å². The lowest BCUT2D eigenvalue weighted by atomic mass is 10.2. The Morgan fingerprint density at radius 2 is 1.38 bits per heavy atom. The molecule has 0 fully saturated rings. The zero-order valence-electron chi connectivity index (χ0n) is 27.8. The molecule has 0 atom stereocenters. The molecule has 0 aliphatic rings. The van der Waals surface area contributed by atoms with Crippen LogP contribution in [0.25, 0.3) is 5.69 Å². The van der Waals surface area contributed by atoms with Crippen LogP contribution in [0, 0.1) is 0 Å². The largest absolute Gasteiger partial charge is 1.00 e. The summed E-state index contributed by atoms with van der Waals surface area (Å²) in [6.07, 6.45) is 1.05. The summed E-state index contributed by atoms with van der Waals surface area (Å²) in [7, 11) is 12.5. The first kappa shape index (κ1) is 46.0. The van der Waals surface area contributed by atoms with Gasteiger partial charge in [-0.15, -0.1) is 0 Å². The van der Waals surface area contributed by atoms with Crippen LogP contribution in [0.2, 0.25) is 10.0 Å². The number of ether oxygens (including phenoxy) is 6. The summed E-state index contributed by atoms with van der Waals surface area (Å²) in [5, 5.41) is 5.59. The van der Waals surface area contributed by atoms with E-state index in [0.717, 1.165) is 16.3 Å².